The molecule has 0 atom stereocenters. The van der Waals surface area contributed by atoms with Crippen molar-refractivity contribution in [2.75, 3.05) is 26.2 Å². The molecule has 1 saturated heterocycles. The average molecular weight is 282 g/mol. The van der Waals surface area contributed by atoms with Gasteiger partial charge in [0.15, 0.2) is 5.82 Å². The summed E-state index contributed by atoms with van der Waals surface area (Å²) < 4.78 is 11.0. The summed E-state index contributed by atoms with van der Waals surface area (Å²) in [6.07, 6.45) is 3.47. The molecule has 2 heterocycles. The van der Waals surface area contributed by atoms with Crippen LogP contribution < -0.4 is 5.73 Å². The van der Waals surface area contributed by atoms with Crippen molar-refractivity contribution in [1.29, 1.82) is 0 Å². The number of nitrogens with two attached hydrogens (primary N) is 1. The third-order valence-electron chi connectivity index (χ3n) is 3.58. The van der Waals surface area contributed by atoms with Crippen LogP contribution in [0.3, 0.4) is 0 Å². The zero-order valence-corrected chi connectivity index (χ0v) is 12.5. The summed E-state index contributed by atoms with van der Waals surface area (Å²) in [6, 6.07) is 0. The minimum absolute atomic E-state index is 0.290. The van der Waals surface area contributed by atoms with Crippen LogP contribution in [-0.4, -0.2) is 47.4 Å². The van der Waals surface area contributed by atoms with Crippen LogP contribution in [0.25, 0.3) is 0 Å². The fourth-order valence-electron chi connectivity index (χ4n) is 2.33. The van der Waals surface area contributed by atoms with E-state index in [1.807, 2.05) is 0 Å². The Labute approximate surface area is 120 Å². The van der Waals surface area contributed by atoms with Crippen molar-refractivity contribution in [3.05, 3.63) is 11.7 Å². The van der Waals surface area contributed by atoms with E-state index in [1.165, 1.54) is 0 Å². The van der Waals surface area contributed by atoms with Crippen LogP contribution in [0.4, 0.5) is 0 Å². The molecule has 1 aromatic rings. The molecular formula is C14H26N4O2. The molecule has 0 unspecified atom stereocenters. The highest BCUT2D eigenvalue weighted by atomic mass is 16.5. The smallest absolute Gasteiger partial charge is 0.229 e. The normalized spacial score (nSPS) is 18.0. The topological polar surface area (TPSA) is 77.4 Å². The van der Waals surface area contributed by atoms with Crippen molar-refractivity contribution < 1.29 is 9.26 Å². The SMILES string of the molecule is CC(C)c1nc(CN2CCC(OCCCN)CC2)no1. The van der Waals surface area contributed by atoms with Gasteiger partial charge in [-0.1, -0.05) is 19.0 Å². The Morgan fingerprint density at radius 3 is 2.75 bits per heavy atom. The van der Waals surface area contributed by atoms with Gasteiger partial charge in [-0.3, -0.25) is 4.90 Å². The van der Waals surface area contributed by atoms with E-state index in [0.717, 1.165) is 57.2 Å². The second-order valence-electron chi connectivity index (χ2n) is 5.69. The molecule has 1 aromatic heterocycles. The summed E-state index contributed by atoms with van der Waals surface area (Å²) in [4.78, 5) is 6.78. The molecule has 0 radical (unpaired) electrons. The number of rotatable bonds is 7. The van der Waals surface area contributed by atoms with Gasteiger partial charge in [-0.15, -0.1) is 0 Å². The third kappa shape index (κ3) is 4.54. The molecule has 1 aliphatic rings. The first kappa shape index (κ1) is 15.4. The van der Waals surface area contributed by atoms with E-state index in [9.17, 15) is 0 Å². The van der Waals surface area contributed by atoms with Crippen molar-refractivity contribution in [3.63, 3.8) is 0 Å². The summed E-state index contributed by atoms with van der Waals surface area (Å²) in [5, 5.41) is 4.04. The van der Waals surface area contributed by atoms with E-state index in [1.54, 1.807) is 0 Å². The van der Waals surface area contributed by atoms with Crippen molar-refractivity contribution in [2.24, 2.45) is 5.73 Å². The fourth-order valence-corrected chi connectivity index (χ4v) is 2.33. The first-order valence-corrected chi connectivity index (χ1v) is 7.55. The summed E-state index contributed by atoms with van der Waals surface area (Å²) in [7, 11) is 0. The van der Waals surface area contributed by atoms with Gasteiger partial charge >= 0.3 is 0 Å². The van der Waals surface area contributed by atoms with Crippen LogP contribution >= 0.6 is 0 Å². The highest BCUT2D eigenvalue weighted by Crippen LogP contribution is 2.17. The molecule has 2 N–H and O–H groups in total. The molecule has 6 nitrogen and oxygen atoms in total. The zero-order chi connectivity index (χ0) is 14.4. The minimum Gasteiger partial charge on any atom is -0.378 e. The Kier molecular flexibility index (Phi) is 5.94. The van der Waals surface area contributed by atoms with Crippen LogP contribution in [0.1, 0.15) is 50.7 Å². The quantitative estimate of drug-likeness (QED) is 0.764. The largest absolute Gasteiger partial charge is 0.378 e. The minimum atomic E-state index is 0.290. The maximum atomic E-state index is 5.80. The van der Waals surface area contributed by atoms with Gasteiger partial charge in [0.25, 0.3) is 0 Å². The van der Waals surface area contributed by atoms with E-state index >= 15 is 0 Å². The van der Waals surface area contributed by atoms with E-state index in [2.05, 4.69) is 28.9 Å². The first-order valence-electron chi connectivity index (χ1n) is 7.55. The highest BCUT2D eigenvalue weighted by Gasteiger charge is 2.21. The summed E-state index contributed by atoms with van der Waals surface area (Å²) in [6.45, 7) is 8.42. The lowest BCUT2D eigenvalue weighted by Crippen LogP contribution is -2.37. The number of ether oxygens (including phenoxy) is 1. The molecule has 0 spiro atoms. The van der Waals surface area contributed by atoms with Crippen LogP contribution in [0.15, 0.2) is 4.52 Å². The monoisotopic (exact) mass is 282 g/mol. The van der Waals surface area contributed by atoms with Crippen LogP contribution in [-0.2, 0) is 11.3 Å². The van der Waals surface area contributed by atoms with E-state index in [4.69, 9.17) is 15.0 Å². The number of piperidine rings is 1. The van der Waals surface area contributed by atoms with E-state index in [0.29, 0.717) is 12.6 Å². The van der Waals surface area contributed by atoms with Crippen molar-refractivity contribution in [2.45, 2.75) is 51.7 Å². The molecule has 0 aliphatic carbocycles. The van der Waals surface area contributed by atoms with Gasteiger partial charge in [-0.25, -0.2) is 0 Å². The Morgan fingerprint density at radius 2 is 2.15 bits per heavy atom. The second kappa shape index (κ2) is 7.71. The standard InChI is InChI=1S/C14H26N4O2/c1-11(2)14-16-13(17-20-14)10-18-7-4-12(5-8-18)19-9-3-6-15/h11-12H,3-10,15H2,1-2H3. The van der Waals surface area contributed by atoms with Crippen molar-refractivity contribution in [3.8, 4) is 0 Å². The molecular weight excluding hydrogens is 256 g/mol. The van der Waals surface area contributed by atoms with Gasteiger partial charge in [0.2, 0.25) is 5.89 Å². The lowest BCUT2D eigenvalue weighted by atomic mass is 10.1. The van der Waals surface area contributed by atoms with Crippen LogP contribution in [0.5, 0.6) is 0 Å². The molecule has 0 saturated carbocycles. The predicted molar refractivity (Wildman–Crippen MR) is 76.3 cm³/mol. The average Bonchev–Trinajstić information content (AvgIpc) is 2.90. The molecule has 0 amide bonds. The van der Waals surface area contributed by atoms with E-state index in [-0.39, 0.29) is 5.92 Å². The first-order chi connectivity index (χ1) is 9.69. The Bertz CT molecular complexity index is 386. The number of aromatic nitrogens is 2. The van der Waals surface area contributed by atoms with E-state index < -0.39 is 0 Å². The number of hydrogen-bond acceptors (Lipinski definition) is 6. The predicted octanol–water partition coefficient (Wildman–Crippen LogP) is 1.52. The molecule has 0 aromatic carbocycles. The lowest BCUT2D eigenvalue weighted by molar-refractivity contribution is 0.00505. The van der Waals surface area contributed by atoms with Gasteiger partial charge in [-0.2, -0.15) is 4.98 Å². The third-order valence-corrected chi connectivity index (χ3v) is 3.58. The Morgan fingerprint density at radius 1 is 1.40 bits per heavy atom. The van der Waals surface area contributed by atoms with Crippen LogP contribution in [0, 0.1) is 0 Å². The van der Waals surface area contributed by atoms with Gasteiger partial charge in [0.1, 0.15) is 0 Å². The maximum absolute atomic E-state index is 5.80. The molecule has 0 bridgehead atoms. The number of nitrogens with zero attached hydrogens (tertiary/aromatic N) is 3. The van der Waals surface area contributed by atoms with Crippen molar-refractivity contribution >= 4 is 0 Å². The highest BCUT2D eigenvalue weighted by molar-refractivity contribution is 4.91. The lowest BCUT2D eigenvalue weighted by Gasteiger charge is -2.30. The molecule has 6 heteroatoms. The molecule has 114 valence electrons. The summed E-state index contributed by atoms with van der Waals surface area (Å²) in [5.74, 6) is 1.80. The van der Waals surface area contributed by atoms with Gasteiger partial charge < -0.3 is 15.0 Å². The number of likely N-dealkylation sites (tertiary alicyclic amines) is 1. The molecule has 1 aliphatic heterocycles. The van der Waals surface area contributed by atoms with Gasteiger partial charge in [-0.05, 0) is 25.8 Å². The van der Waals surface area contributed by atoms with Gasteiger partial charge in [0.05, 0.1) is 12.6 Å². The Hall–Kier alpha value is -0.980. The maximum Gasteiger partial charge on any atom is 0.229 e. The Balaban J connectivity index is 1.71. The summed E-state index contributed by atoms with van der Waals surface area (Å²) >= 11 is 0. The zero-order valence-electron chi connectivity index (χ0n) is 12.5. The fraction of sp³-hybridized carbons (Fsp3) is 0.857. The van der Waals surface area contributed by atoms with Gasteiger partial charge in [0, 0.05) is 25.6 Å². The molecule has 1 fully saturated rings. The van der Waals surface area contributed by atoms with Crippen LogP contribution in [0.2, 0.25) is 0 Å². The molecule has 2 rings (SSSR count). The molecule has 20 heavy (non-hydrogen) atoms. The van der Waals surface area contributed by atoms with Crippen molar-refractivity contribution in [1.82, 2.24) is 15.0 Å². The summed E-state index contributed by atoms with van der Waals surface area (Å²) in [5.41, 5.74) is 5.46. The second-order valence-corrected chi connectivity index (χ2v) is 5.69. The number of hydrogen-bond donors (Lipinski definition) is 1.